The Morgan fingerprint density at radius 1 is 0.318 bits per heavy atom. The zero-order valence-electron chi connectivity index (χ0n) is 58.1. The Hall–Kier alpha value is -0.0436. The first-order valence-corrected chi connectivity index (χ1v) is 39.8. The average Bonchev–Trinajstić information content (AvgIpc) is 0.870. The number of aliphatic carboxylic acids is 1. The van der Waals surface area contributed by atoms with Crippen LogP contribution in [0, 0.1) is 5.92 Å². The third-order valence-electron chi connectivity index (χ3n) is 26.1. The Morgan fingerprint density at radius 2 is 0.534 bits per heavy atom. The first kappa shape index (κ1) is 75.3. The van der Waals surface area contributed by atoms with Gasteiger partial charge in [0.2, 0.25) is 0 Å². The third kappa shape index (κ3) is 20.3. The van der Waals surface area contributed by atoms with E-state index < -0.39 is 11.9 Å². The van der Waals surface area contributed by atoms with E-state index >= 15 is 14.4 Å². The second-order valence-corrected chi connectivity index (χ2v) is 31.6. The van der Waals surface area contributed by atoms with E-state index in [1.165, 1.54) is 340 Å². The van der Waals surface area contributed by atoms with Crippen LogP contribution in [0.4, 0.5) is 0 Å². The molecule has 9 fully saturated rings. The van der Waals surface area contributed by atoms with Gasteiger partial charge in [-0.05, 0) is 250 Å². The number of rotatable bonds is 30. The monoisotopic (exact) mass is 1250 g/mol. The minimum absolute atomic E-state index is 0. The molecule has 0 aromatic heterocycles. The summed E-state index contributed by atoms with van der Waals surface area (Å²) >= 11 is 0. The molecule has 0 saturated heterocycles. The molecule has 1 unspecified atom stereocenters. The smallest absolute Gasteiger partial charge is 0.481 e. The molecule has 0 aromatic carbocycles. The van der Waals surface area contributed by atoms with Crippen molar-refractivity contribution in [2.45, 2.75) is 465 Å². The van der Waals surface area contributed by atoms with Gasteiger partial charge in [-0.25, -0.2) is 14.4 Å². The topological polar surface area (TPSA) is 109 Å². The average molecular weight is 1260 g/mol. The summed E-state index contributed by atoms with van der Waals surface area (Å²) < 4.78 is 2.14. The number of nitrogens with zero attached hydrogens (tertiary/aromatic N) is 3. The van der Waals surface area contributed by atoms with E-state index in [0.29, 0.717) is 95.8 Å². The molecule has 9 rings (SSSR count). The first-order valence-electron chi connectivity index (χ1n) is 39.8. The van der Waals surface area contributed by atoms with Crippen LogP contribution in [0.5, 0.6) is 0 Å². The van der Waals surface area contributed by atoms with Crippen LogP contribution < -0.4 is 51.4 Å². The van der Waals surface area contributed by atoms with Crippen molar-refractivity contribution >= 4 is 23.7 Å². The first-order chi connectivity index (χ1) is 42.7. The van der Waals surface area contributed by atoms with Crippen LogP contribution in [0.15, 0.2) is 0 Å². The Kier molecular flexibility index (Phi) is 35.2. The van der Waals surface area contributed by atoms with Gasteiger partial charge in [-0.1, -0.05) is 135 Å². The number of aliphatic hydroxyl groups excluding tert-OH is 1. The molecular formula is C78H140KN3O6+4. The van der Waals surface area contributed by atoms with E-state index in [9.17, 15) is 9.90 Å². The standard InChI is InChI=1S/C60H104N3O3.C18H36O3.K/c64-58(61(49-28-10-1-11-29-49,50-30-12-2-13-31-50)51-32-14-3-15-33-51)46-48(60(66)63(55-40-22-7-23-41-55,56-42-24-8-25-43-56)57-44-26-9-27-45-57)47-59(65)62(52-34-16-4-17-35-52,53-36-18-5-19-37-53)54-38-20-6-21-39-54;1-2-3-4-11-14-17(19)15-12-9-7-5-6-8-10-13-16-18(20)21;/h48-57H,1-47H2;17,19H,2-16H2,1H3,(H,20,21);/q+3;;+1. The van der Waals surface area contributed by atoms with Crippen LogP contribution in [0.25, 0.3) is 0 Å². The van der Waals surface area contributed by atoms with Gasteiger partial charge >= 0.3 is 75.1 Å². The molecule has 0 radical (unpaired) electrons. The SMILES string of the molecule is CCCCCCC(O)CCCCCCCCCCC(=O)O.O=C(CC(CC(=O)[N+](C1CCCCC1)(C1CCCCC1)C1CCCCC1)C(=O)[N+](C1CCCCC1)(C1CCCCC1)C1CCCCC1)[N+](C1CCCCC1)(C1CCCCC1)C1CCCCC1.[K+]. The van der Waals surface area contributed by atoms with Crippen molar-refractivity contribution in [1.29, 1.82) is 0 Å². The summed E-state index contributed by atoms with van der Waals surface area (Å²) in [6.45, 7) is 2.21. The minimum Gasteiger partial charge on any atom is -0.481 e. The van der Waals surface area contributed by atoms with Gasteiger partial charge in [0, 0.05) is 6.42 Å². The van der Waals surface area contributed by atoms with Crippen molar-refractivity contribution in [3.63, 3.8) is 0 Å². The van der Waals surface area contributed by atoms with E-state index in [1.807, 2.05) is 0 Å². The molecular weight excluding hydrogens is 1110 g/mol. The van der Waals surface area contributed by atoms with Crippen LogP contribution in [-0.4, -0.2) is 108 Å². The third-order valence-corrected chi connectivity index (χ3v) is 26.1. The van der Waals surface area contributed by atoms with E-state index in [-0.39, 0.29) is 57.5 Å². The maximum atomic E-state index is 17.5. The van der Waals surface area contributed by atoms with Crippen LogP contribution in [0.1, 0.15) is 405 Å². The van der Waals surface area contributed by atoms with E-state index in [2.05, 4.69) is 6.92 Å². The molecule has 3 amide bonds. The predicted molar refractivity (Wildman–Crippen MR) is 359 cm³/mol. The van der Waals surface area contributed by atoms with Crippen LogP contribution in [0.2, 0.25) is 0 Å². The summed E-state index contributed by atoms with van der Waals surface area (Å²) in [5.74, 6) is 0.227. The molecule has 88 heavy (non-hydrogen) atoms. The number of hydrogen-bond donors (Lipinski definition) is 2. The molecule has 0 heterocycles. The molecule has 9 nitrogen and oxygen atoms in total. The summed E-state index contributed by atoms with van der Waals surface area (Å²) in [6, 6.07) is 3.52. The van der Waals surface area contributed by atoms with Gasteiger partial charge in [0.1, 0.15) is 0 Å². The van der Waals surface area contributed by atoms with E-state index in [1.54, 1.807) is 0 Å². The van der Waals surface area contributed by atoms with Gasteiger partial charge in [0.15, 0.2) is 0 Å². The number of amides is 3. The fourth-order valence-electron chi connectivity index (χ4n) is 22.0. The largest absolute Gasteiger partial charge is 1.00 e. The number of aliphatic hydroxyl groups is 1. The minimum atomic E-state index is -0.678. The van der Waals surface area contributed by atoms with Crippen molar-refractivity contribution in [2.24, 2.45) is 5.92 Å². The summed E-state index contributed by atoms with van der Waals surface area (Å²) in [5.41, 5.74) is 0. The number of carbonyl (C=O) groups is 4. The Balaban J connectivity index is 0.000000430. The molecule has 9 aliphatic rings. The molecule has 1 atom stereocenters. The number of hydrogen-bond acceptors (Lipinski definition) is 5. The number of carboxylic acids is 1. The molecule has 10 heteroatoms. The Labute approximate surface area is 584 Å². The molecule has 0 spiro atoms. The molecule has 0 bridgehead atoms. The maximum absolute atomic E-state index is 17.5. The fourth-order valence-corrected chi connectivity index (χ4v) is 22.0. The van der Waals surface area contributed by atoms with Crippen molar-refractivity contribution in [3.8, 4) is 0 Å². The summed E-state index contributed by atoms with van der Waals surface area (Å²) in [6.07, 6.45) is 72.6. The molecule has 2 N–H and O–H groups in total. The number of carbonyl (C=O) groups excluding carboxylic acids is 3. The second kappa shape index (κ2) is 41.1. The maximum Gasteiger partial charge on any atom is 1.00 e. The summed E-state index contributed by atoms with van der Waals surface area (Å²) in [4.78, 5) is 61.8. The molecule has 9 aliphatic carbocycles. The zero-order chi connectivity index (χ0) is 61.0. The zero-order valence-corrected chi connectivity index (χ0v) is 61.2. The Morgan fingerprint density at radius 3 is 0.773 bits per heavy atom. The number of quaternary nitrogens is 3. The van der Waals surface area contributed by atoms with Crippen molar-refractivity contribution < 1.29 is 94.2 Å². The van der Waals surface area contributed by atoms with Gasteiger partial charge in [-0.2, -0.15) is 0 Å². The Bertz CT molecular complexity index is 1710. The summed E-state index contributed by atoms with van der Waals surface area (Å²) in [5, 5.41) is 18.4. The van der Waals surface area contributed by atoms with E-state index in [4.69, 9.17) is 5.11 Å². The predicted octanol–water partition coefficient (Wildman–Crippen LogP) is 17.7. The molecule has 9 saturated carbocycles. The van der Waals surface area contributed by atoms with Gasteiger partial charge in [0.05, 0.1) is 79.2 Å². The quantitative estimate of drug-likeness (QED) is 0.0421. The molecule has 500 valence electrons. The second-order valence-electron chi connectivity index (χ2n) is 31.6. The fraction of sp³-hybridized carbons (Fsp3) is 0.949. The molecule has 0 aliphatic heterocycles. The summed E-state index contributed by atoms with van der Waals surface area (Å²) in [7, 11) is 0. The van der Waals surface area contributed by atoms with Crippen molar-refractivity contribution in [2.75, 3.05) is 0 Å². The number of carboxylic acid groups (broad SMARTS) is 1. The van der Waals surface area contributed by atoms with Gasteiger partial charge in [0.25, 0.3) is 0 Å². The van der Waals surface area contributed by atoms with Crippen molar-refractivity contribution in [3.05, 3.63) is 0 Å². The van der Waals surface area contributed by atoms with Crippen LogP contribution >= 0.6 is 0 Å². The van der Waals surface area contributed by atoms with Gasteiger partial charge < -0.3 is 10.2 Å². The van der Waals surface area contributed by atoms with Crippen molar-refractivity contribution in [1.82, 2.24) is 0 Å². The van der Waals surface area contributed by atoms with Crippen LogP contribution in [-0.2, 0) is 19.2 Å². The molecule has 0 aromatic rings. The van der Waals surface area contributed by atoms with E-state index in [0.717, 1.165) is 47.5 Å². The normalized spacial score (nSPS) is 23.7. The number of unbranched alkanes of at least 4 members (excludes halogenated alkanes) is 10. The van der Waals surface area contributed by atoms with Gasteiger partial charge in [-0.3, -0.25) is 18.2 Å². The van der Waals surface area contributed by atoms with Gasteiger partial charge in [-0.15, -0.1) is 0 Å². The van der Waals surface area contributed by atoms with Crippen LogP contribution in [0.3, 0.4) is 0 Å².